The first-order valence-electron chi connectivity index (χ1n) is 8.45. The highest BCUT2D eigenvalue weighted by Crippen LogP contribution is 2.28. The zero-order valence-electron chi connectivity index (χ0n) is 15.0. The van der Waals surface area contributed by atoms with Crippen molar-refractivity contribution in [1.82, 2.24) is 14.4 Å². The standard InChI is InChI=1S/C17H22N4O4S/c1-11-6-7-18-15(9-11)19-17(22)14-5-4-8-21(10-14)26(23,24)16-12(2)20-25-13(16)3/h6-7,9,14H,4-5,8,10H2,1-3H3,(H,18,19,22). The maximum atomic E-state index is 12.9. The molecule has 2 aromatic heterocycles. The van der Waals surface area contributed by atoms with Gasteiger partial charge in [0, 0.05) is 19.3 Å². The number of sulfonamides is 1. The van der Waals surface area contributed by atoms with Gasteiger partial charge in [0.1, 0.15) is 16.4 Å². The maximum absolute atomic E-state index is 12.9. The first-order valence-corrected chi connectivity index (χ1v) is 9.89. The van der Waals surface area contributed by atoms with E-state index in [4.69, 9.17) is 4.52 Å². The van der Waals surface area contributed by atoms with Crippen LogP contribution in [0.4, 0.5) is 5.82 Å². The number of rotatable bonds is 4. The monoisotopic (exact) mass is 378 g/mol. The van der Waals surface area contributed by atoms with Gasteiger partial charge in [0.05, 0.1) is 5.92 Å². The molecule has 2 aromatic rings. The quantitative estimate of drug-likeness (QED) is 0.873. The van der Waals surface area contributed by atoms with E-state index in [9.17, 15) is 13.2 Å². The molecule has 3 heterocycles. The van der Waals surface area contributed by atoms with E-state index in [0.717, 1.165) is 5.56 Å². The largest absolute Gasteiger partial charge is 0.360 e. The number of amides is 1. The van der Waals surface area contributed by atoms with Gasteiger partial charge in [-0.05, 0) is 51.3 Å². The highest BCUT2D eigenvalue weighted by molar-refractivity contribution is 7.89. The van der Waals surface area contributed by atoms with Crippen LogP contribution in [0, 0.1) is 26.7 Å². The summed E-state index contributed by atoms with van der Waals surface area (Å²) in [5.41, 5.74) is 1.32. The number of hydrogen-bond donors (Lipinski definition) is 1. The molecule has 1 atom stereocenters. The van der Waals surface area contributed by atoms with Crippen molar-refractivity contribution in [3.63, 3.8) is 0 Å². The van der Waals surface area contributed by atoms with E-state index < -0.39 is 15.9 Å². The molecule has 0 aliphatic carbocycles. The minimum absolute atomic E-state index is 0.0962. The van der Waals surface area contributed by atoms with Gasteiger partial charge in [0.25, 0.3) is 0 Å². The lowest BCUT2D eigenvalue weighted by Gasteiger charge is -2.31. The average molecular weight is 378 g/mol. The Morgan fingerprint density at radius 2 is 2.12 bits per heavy atom. The number of anilines is 1. The molecule has 1 saturated heterocycles. The summed E-state index contributed by atoms with van der Waals surface area (Å²) in [6, 6.07) is 3.62. The molecule has 1 amide bonds. The van der Waals surface area contributed by atoms with Crippen molar-refractivity contribution in [2.45, 2.75) is 38.5 Å². The molecule has 9 heteroatoms. The molecule has 8 nitrogen and oxygen atoms in total. The lowest BCUT2D eigenvalue weighted by molar-refractivity contribution is -0.120. The molecule has 3 rings (SSSR count). The molecule has 0 spiro atoms. The molecule has 26 heavy (non-hydrogen) atoms. The molecule has 0 saturated carbocycles. The van der Waals surface area contributed by atoms with Gasteiger partial charge in [-0.2, -0.15) is 4.31 Å². The molecule has 1 aliphatic rings. The molecule has 1 fully saturated rings. The number of carbonyl (C=O) groups is 1. The van der Waals surface area contributed by atoms with E-state index >= 15 is 0 Å². The van der Waals surface area contributed by atoms with Crippen molar-refractivity contribution in [1.29, 1.82) is 0 Å². The molecule has 1 aliphatic heterocycles. The fraction of sp³-hybridized carbons (Fsp3) is 0.471. The van der Waals surface area contributed by atoms with Crippen LogP contribution in [0.3, 0.4) is 0 Å². The van der Waals surface area contributed by atoms with E-state index in [0.29, 0.717) is 30.9 Å². The second-order valence-corrected chi connectivity index (χ2v) is 8.44. The van der Waals surface area contributed by atoms with Crippen LogP contribution in [0.2, 0.25) is 0 Å². The number of pyridine rings is 1. The van der Waals surface area contributed by atoms with Gasteiger partial charge in [0.2, 0.25) is 15.9 Å². The van der Waals surface area contributed by atoms with Crippen LogP contribution < -0.4 is 5.32 Å². The Bertz CT molecular complexity index is 903. The van der Waals surface area contributed by atoms with Crippen molar-refractivity contribution in [3.05, 3.63) is 35.3 Å². The molecule has 0 aromatic carbocycles. The van der Waals surface area contributed by atoms with Crippen LogP contribution in [0.5, 0.6) is 0 Å². The Hall–Kier alpha value is -2.26. The Balaban J connectivity index is 1.76. The summed E-state index contributed by atoms with van der Waals surface area (Å²) in [5, 5.41) is 6.51. The maximum Gasteiger partial charge on any atom is 0.248 e. The average Bonchev–Trinajstić information content (AvgIpc) is 2.94. The van der Waals surface area contributed by atoms with Crippen molar-refractivity contribution >= 4 is 21.7 Å². The number of aromatic nitrogens is 2. The van der Waals surface area contributed by atoms with Crippen LogP contribution in [0.25, 0.3) is 0 Å². The Morgan fingerprint density at radius 3 is 2.77 bits per heavy atom. The van der Waals surface area contributed by atoms with Crippen LogP contribution in [-0.4, -0.2) is 41.9 Å². The van der Waals surface area contributed by atoms with E-state index in [1.807, 2.05) is 13.0 Å². The lowest BCUT2D eigenvalue weighted by atomic mass is 9.99. The van der Waals surface area contributed by atoms with Crippen molar-refractivity contribution in [2.75, 3.05) is 18.4 Å². The second-order valence-electron chi connectivity index (χ2n) is 6.56. The van der Waals surface area contributed by atoms with Gasteiger partial charge in [-0.15, -0.1) is 0 Å². The van der Waals surface area contributed by atoms with E-state index in [1.54, 1.807) is 26.1 Å². The predicted octanol–water partition coefficient (Wildman–Crippen LogP) is 2.03. The molecule has 1 N–H and O–H groups in total. The number of aryl methyl sites for hydroxylation is 3. The minimum atomic E-state index is -3.74. The summed E-state index contributed by atoms with van der Waals surface area (Å²) < 4.78 is 32.2. The fourth-order valence-electron chi connectivity index (χ4n) is 3.18. The van der Waals surface area contributed by atoms with Crippen molar-refractivity contribution in [2.24, 2.45) is 5.92 Å². The molecule has 0 radical (unpaired) electrons. The van der Waals surface area contributed by atoms with Gasteiger partial charge in [-0.1, -0.05) is 5.16 Å². The summed E-state index contributed by atoms with van der Waals surface area (Å²) in [7, 11) is -3.74. The van der Waals surface area contributed by atoms with Gasteiger partial charge in [-0.25, -0.2) is 13.4 Å². The Kier molecular flexibility index (Phi) is 5.10. The molecular weight excluding hydrogens is 356 g/mol. The first kappa shape index (κ1) is 18.5. The normalized spacial score (nSPS) is 18.7. The summed E-state index contributed by atoms with van der Waals surface area (Å²) in [6.07, 6.45) is 2.87. The minimum Gasteiger partial charge on any atom is -0.360 e. The second kappa shape index (κ2) is 7.16. The summed E-state index contributed by atoms with van der Waals surface area (Å²) in [5.74, 6) is 0.0850. The van der Waals surface area contributed by atoms with Crippen molar-refractivity contribution < 1.29 is 17.7 Å². The Morgan fingerprint density at radius 1 is 1.35 bits per heavy atom. The predicted molar refractivity (Wildman–Crippen MR) is 95.1 cm³/mol. The third-order valence-electron chi connectivity index (χ3n) is 4.49. The van der Waals surface area contributed by atoms with Gasteiger partial charge < -0.3 is 9.84 Å². The fourth-order valence-corrected chi connectivity index (χ4v) is 4.99. The van der Waals surface area contributed by atoms with Crippen molar-refractivity contribution in [3.8, 4) is 0 Å². The summed E-state index contributed by atoms with van der Waals surface area (Å²) >= 11 is 0. The number of hydrogen-bond acceptors (Lipinski definition) is 6. The van der Waals surface area contributed by atoms with Crippen LogP contribution in [-0.2, 0) is 14.8 Å². The number of nitrogens with zero attached hydrogens (tertiary/aromatic N) is 3. The number of carbonyl (C=O) groups excluding carboxylic acids is 1. The number of nitrogens with one attached hydrogen (secondary N) is 1. The van der Waals surface area contributed by atoms with Crippen LogP contribution in [0.15, 0.2) is 27.7 Å². The highest BCUT2D eigenvalue weighted by Gasteiger charge is 2.36. The third kappa shape index (κ3) is 3.63. The van der Waals surface area contributed by atoms with Gasteiger partial charge in [-0.3, -0.25) is 4.79 Å². The summed E-state index contributed by atoms with van der Waals surface area (Å²) in [4.78, 5) is 16.8. The van der Waals surface area contributed by atoms with Crippen LogP contribution in [0.1, 0.15) is 29.9 Å². The Labute approximate surface area is 152 Å². The molecule has 1 unspecified atom stereocenters. The third-order valence-corrected chi connectivity index (χ3v) is 6.60. The molecule has 140 valence electrons. The topological polar surface area (TPSA) is 105 Å². The summed E-state index contributed by atoms with van der Waals surface area (Å²) in [6.45, 7) is 5.59. The van der Waals surface area contributed by atoms with Gasteiger partial charge in [0.15, 0.2) is 5.76 Å². The smallest absolute Gasteiger partial charge is 0.248 e. The highest BCUT2D eigenvalue weighted by atomic mass is 32.2. The SMILES string of the molecule is Cc1ccnc(NC(=O)C2CCCN(S(=O)(=O)c3c(C)noc3C)C2)c1. The zero-order valence-corrected chi connectivity index (χ0v) is 15.8. The molecule has 0 bridgehead atoms. The van der Waals surface area contributed by atoms with E-state index in [2.05, 4.69) is 15.5 Å². The lowest BCUT2D eigenvalue weighted by Crippen LogP contribution is -2.44. The first-order chi connectivity index (χ1) is 12.3. The van der Waals surface area contributed by atoms with E-state index in [1.165, 1.54) is 4.31 Å². The van der Waals surface area contributed by atoms with E-state index in [-0.39, 0.29) is 23.1 Å². The van der Waals surface area contributed by atoms with Gasteiger partial charge >= 0.3 is 0 Å². The van der Waals surface area contributed by atoms with Crippen LogP contribution >= 0.6 is 0 Å². The zero-order chi connectivity index (χ0) is 18.9. The molecular formula is C17H22N4O4S. The number of piperidine rings is 1.